The first-order chi connectivity index (χ1) is 15.4. The lowest BCUT2D eigenvalue weighted by molar-refractivity contribution is -0.384. The molecule has 1 aliphatic heterocycles. The van der Waals surface area contributed by atoms with E-state index < -0.39 is 10.8 Å². The number of anilines is 2. The summed E-state index contributed by atoms with van der Waals surface area (Å²) in [7, 11) is 1.54. The van der Waals surface area contributed by atoms with E-state index in [0.717, 1.165) is 30.2 Å². The highest BCUT2D eigenvalue weighted by atomic mass is 32.2. The van der Waals surface area contributed by atoms with E-state index >= 15 is 0 Å². The molecule has 0 spiro atoms. The van der Waals surface area contributed by atoms with Crippen molar-refractivity contribution in [2.45, 2.75) is 6.92 Å². The van der Waals surface area contributed by atoms with Gasteiger partial charge in [-0.1, -0.05) is 0 Å². The lowest BCUT2D eigenvalue weighted by Crippen LogP contribution is -2.37. The Morgan fingerprint density at radius 1 is 1.12 bits per heavy atom. The fourth-order valence-corrected chi connectivity index (χ4v) is 4.24. The molecule has 2 aromatic rings. The maximum Gasteiger partial charge on any atom is 0.293 e. The van der Waals surface area contributed by atoms with Gasteiger partial charge in [-0.3, -0.25) is 19.7 Å². The number of hydrogen-bond acceptors (Lipinski definition) is 7. The van der Waals surface area contributed by atoms with Crippen LogP contribution in [0.4, 0.5) is 17.1 Å². The van der Waals surface area contributed by atoms with Gasteiger partial charge < -0.3 is 20.3 Å². The van der Waals surface area contributed by atoms with Crippen molar-refractivity contribution in [2.24, 2.45) is 0 Å². The summed E-state index contributed by atoms with van der Waals surface area (Å²) < 4.78 is 4.94. The van der Waals surface area contributed by atoms with Gasteiger partial charge >= 0.3 is 0 Å². The molecule has 9 nitrogen and oxygen atoms in total. The van der Waals surface area contributed by atoms with Crippen molar-refractivity contribution < 1.29 is 19.2 Å². The number of carbonyl (C=O) groups excluding carboxylic acids is 2. The second-order valence-corrected chi connectivity index (χ2v) is 8.52. The third kappa shape index (κ3) is 5.77. The molecule has 1 aliphatic rings. The van der Waals surface area contributed by atoms with Crippen molar-refractivity contribution in [1.29, 1.82) is 0 Å². The van der Waals surface area contributed by atoms with Gasteiger partial charge in [-0.15, -0.1) is 0 Å². The first-order valence-corrected chi connectivity index (χ1v) is 11.4. The number of nitrogens with zero attached hydrogens (tertiary/aromatic N) is 2. The standard InChI is InChI=1S/C22H26N4O5S/c1-15-13-17(22(28)25-8-11-32-12-9-25)4-5-18(15)24-21(27)16-3-6-19(23-7-10-31-2)20(14-16)26(29)30/h3-6,13-14,23H,7-12H2,1-2H3,(H,24,27). The number of aryl methyl sites for hydroxylation is 1. The second-order valence-electron chi connectivity index (χ2n) is 7.30. The molecule has 1 saturated heterocycles. The number of hydrogen-bond donors (Lipinski definition) is 2. The predicted molar refractivity (Wildman–Crippen MR) is 126 cm³/mol. The van der Waals surface area contributed by atoms with E-state index in [1.165, 1.54) is 18.2 Å². The van der Waals surface area contributed by atoms with Gasteiger partial charge in [0.05, 0.1) is 11.5 Å². The van der Waals surface area contributed by atoms with Crippen LogP contribution >= 0.6 is 11.8 Å². The van der Waals surface area contributed by atoms with Crippen LogP contribution in [-0.2, 0) is 4.74 Å². The zero-order valence-electron chi connectivity index (χ0n) is 18.1. The number of rotatable bonds is 8. The molecule has 1 heterocycles. The van der Waals surface area contributed by atoms with Crippen molar-refractivity contribution in [3.63, 3.8) is 0 Å². The lowest BCUT2D eigenvalue weighted by Gasteiger charge is -2.26. The van der Waals surface area contributed by atoms with E-state index in [0.29, 0.717) is 30.1 Å². The molecule has 32 heavy (non-hydrogen) atoms. The van der Waals surface area contributed by atoms with Gasteiger partial charge in [0.1, 0.15) is 5.69 Å². The summed E-state index contributed by atoms with van der Waals surface area (Å²) >= 11 is 1.84. The van der Waals surface area contributed by atoms with Crippen LogP contribution in [0.15, 0.2) is 36.4 Å². The van der Waals surface area contributed by atoms with Crippen LogP contribution in [0.25, 0.3) is 0 Å². The van der Waals surface area contributed by atoms with Crippen molar-refractivity contribution >= 4 is 40.6 Å². The fourth-order valence-electron chi connectivity index (χ4n) is 3.34. The molecule has 0 bridgehead atoms. The molecule has 2 aromatic carbocycles. The first kappa shape index (κ1) is 23.6. The van der Waals surface area contributed by atoms with E-state index in [1.807, 2.05) is 23.6 Å². The summed E-state index contributed by atoms with van der Waals surface area (Å²) in [5.74, 6) is 1.39. The molecule has 0 aromatic heterocycles. The molecule has 0 radical (unpaired) electrons. The number of nitrogens with one attached hydrogen (secondary N) is 2. The van der Waals surface area contributed by atoms with E-state index in [4.69, 9.17) is 4.74 Å². The van der Waals surface area contributed by atoms with Crippen LogP contribution in [0.3, 0.4) is 0 Å². The van der Waals surface area contributed by atoms with Crippen LogP contribution in [0.2, 0.25) is 0 Å². The smallest absolute Gasteiger partial charge is 0.293 e. The molecular weight excluding hydrogens is 432 g/mol. The monoisotopic (exact) mass is 458 g/mol. The molecule has 2 N–H and O–H groups in total. The highest BCUT2D eigenvalue weighted by Crippen LogP contribution is 2.26. The van der Waals surface area contributed by atoms with Crippen LogP contribution in [0, 0.1) is 17.0 Å². The Hall–Kier alpha value is -3.11. The molecule has 10 heteroatoms. The molecule has 170 valence electrons. The van der Waals surface area contributed by atoms with E-state index in [9.17, 15) is 19.7 Å². The van der Waals surface area contributed by atoms with Crippen molar-refractivity contribution in [3.8, 4) is 0 Å². The van der Waals surface area contributed by atoms with Gasteiger partial charge in [-0.05, 0) is 42.8 Å². The number of thioether (sulfide) groups is 1. The topological polar surface area (TPSA) is 114 Å². The number of ether oxygens (including phenoxy) is 1. The maximum atomic E-state index is 12.7. The van der Waals surface area contributed by atoms with Gasteiger partial charge in [-0.2, -0.15) is 11.8 Å². The Labute approximate surface area is 190 Å². The Balaban J connectivity index is 1.73. The normalized spacial score (nSPS) is 13.5. The average molecular weight is 459 g/mol. The highest BCUT2D eigenvalue weighted by Gasteiger charge is 2.20. The third-order valence-corrected chi connectivity index (χ3v) is 6.04. The van der Waals surface area contributed by atoms with E-state index in [2.05, 4.69) is 10.6 Å². The molecule has 0 aliphatic carbocycles. The van der Waals surface area contributed by atoms with Gasteiger partial charge in [0, 0.05) is 61.1 Å². The van der Waals surface area contributed by atoms with Crippen molar-refractivity contribution in [2.75, 3.05) is 55.5 Å². The van der Waals surface area contributed by atoms with Crippen molar-refractivity contribution in [3.05, 3.63) is 63.2 Å². The second kappa shape index (κ2) is 11.0. The minimum Gasteiger partial charge on any atom is -0.383 e. The summed E-state index contributed by atoms with van der Waals surface area (Å²) in [5.41, 5.74) is 2.16. The number of nitro groups is 1. The summed E-state index contributed by atoms with van der Waals surface area (Å²) in [6, 6.07) is 9.41. The van der Waals surface area contributed by atoms with Crippen molar-refractivity contribution in [1.82, 2.24) is 4.90 Å². The van der Waals surface area contributed by atoms with Gasteiger partial charge in [0.15, 0.2) is 0 Å². The van der Waals surface area contributed by atoms with E-state index in [-0.39, 0.29) is 17.2 Å². The molecular formula is C22H26N4O5S. The minimum absolute atomic E-state index is 0.0153. The Morgan fingerprint density at radius 3 is 2.47 bits per heavy atom. The summed E-state index contributed by atoms with van der Waals surface area (Å²) in [5, 5.41) is 17.1. The van der Waals surface area contributed by atoms with Crippen LogP contribution in [-0.4, -0.2) is 66.5 Å². The lowest BCUT2D eigenvalue weighted by atomic mass is 10.1. The number of nitro benzene ring substituents is 1. The molecule has 1 fully saturated rings. The summed E-state index contributed by atoms with van der Waals surface area (Å²) in [4.78, 5) is 38.2. The zero-order chi connectivity index (χ0) is 23.1. The van der Waals surface area contributed by atoms with Crippen LogP contribution in [0.1, 0.15) is 26.3 Å². The van der Waals surface area contributed by atoms with Gasteiger partial charge in [0.2, 0.25) is 0 Å². The van der Waals surface area contributed by atoms with E-state index in [1.54, 1.807) is 25.3 Å². The third-order valence-electron chi connectivity index (χ3n) is 5.10. The Bertz CT molecular complexity index is 1010. The number of benzene rings is 2. The number of methoxy groups -OCH3 is 1. The summed E-state index contributed by atoms with van der Waals surface area (Å²) in [6.45, 7) is 4.08. The van der Waals surface area contributed by atoms with Crippen LogP contribution < -0.4 is 10.6 Å². The summed E-state index contributed by atoms with van der Waals surface area (Å²) in [6.07, 6.45) is 0. The van der Waals surface area contributed by atoms with Gasteiger partial charge in [0.25, 0.3) is 17.5 Å². The average Bonchev–Trinajstić information content (AvgIpc) is 2.80. The predicted octanol–water partition coefficient (Wildman–Crippen LogP) is 3.40. The largest absolute Gasteiger partial charge is 0.383 e. The Kier molecular flexibility index (Phi) is 8.07. The number of amides is 2. The van der Waals surface area contributed by atoms with Gasteiger partial charge in [-0.25, -0.2) is 0 Å². The zero-order valence-corrected chi connectivity index (χ0v) is 18.9. The molecule has 0 atom stereocenters. The molecule has 0 saturated carbocycles. The highest BCUT2D eigenvalue weighted by molar-refractivity contribution is 7.99. The molecule has 0 unspecified atom stereocenters. The first-order valence-electron chi connectivity index (χ1n) is 10.2. The number of carbonyl (C=O) groups is 2. The quantitative estimate of drug-likeness (QED) is 0.354. The SMILES string of the molecule is COCCNc1ccc(C(=O)Nc2ccc(C(=O)N3CCSCC3)cc2C)cc1[N+](=O)[O-]. The van der Waals surface area contributed by atoms with Crippen LogP contribution in [0.5, 0.6) is 0 Å². The molecule has 2 amide bonds. The Morgan fingerprint density at radius 2 is 1.81 bits per heavy atom. The maximum absolute atomic E-state index is 12.7. The minimum atomic E-state index is -0.531. The fraction of sp³-hybridized carbons (Fsp3) is 0.364. The molecule has 3 rings (SSSR count).